The third-order valence-electron chi connectivity index (χ3n) is 4.70. The molecule has 0 bridgehead atoms. The van der Waals surface area contributed by atoms with Gasteiger partial charge in [-0.25, -0.2) is 0 Å². The van der Waals surface area contributed by atoms with E-state index in [9.17, 15) is 0 Å². The molecule has 3 aromatic rings. The van der Waals surface area contributed by atoms with Crippen LogP contribution >= 0.6 is 0 Å². The number of methoxy groups -OCH3 is 2. The van der Waals surface area contributed by atoms with Gasteiger partial charge in [0.05, 0.1) is 14.2 Å². The number of benzene rings is 2. The van der Waals surface area contributed by atoms with Gasteiger partial charge >= 0.3 is 0 Å². The van der Waals surface area contributed by atoms with E-state index in [4.69, 9.17) is 13.9 Å². The van der Waals surface area contributed by atoms with Crippen LogP contribution in [0, 0.1) is 0 Å². The summed E-state index contributed by atoms with van der Waals surface area (Å²) in [4.78, 5) is 6.83. The van der Waals surface area contributed by atoms with Gasteiger partial charge in [0.25, 0.3) is 6.01 Å². The van der Waals surface area contributed by atoms with Crippen LogP contribution in [0.3, 0.4) is 0 Å². The smallest absolute Gasteiger partial charge is 0.298 e. The van der Waals surface area contributed by atoms with Crippen LogP contribution in [0.5, 0.6) is 11.5 Å². The Morgan fingerprint density at radius 1 is 1.12 bits per heavy atom. The maximum absolute atomic E-state index is 5.93. The Morgan fingerprint density at radius 2 is 1.88 bits per heavy atom. The molecule has 26 heavy (non-hydrogen) atoms. The van der Waals surface area contributed by atoms with E-state index >= 15 is 0 Å². The number of para-hydroxylation sites is 2. The molecule has 0 spiro atoms. The molecule has 2 aromatic carbocycles. The van der Waals surface area contributed by atoms with Crippen LogP contribution in [0.4, 0.5) is 11.7 Å². The number of aromatic nitrogens is 1. The first-order valence-corrected chi connectivity index (χ1v) is 8.85. The van der Waals surface area contributed by atoms with E-state index in [-0.39, 0.29) is 0 Å². The molecule has 4 rings (SSSR count). The molecule has 1 fully saturated rings. The highest BCUT2D eigenvalue weighted by Crippen LogP contribution is 2.29. The summed E-state index contributed by atoms with van der Waals surface area (Å²) in [5.41, 5.74) is 2.72. The number of anilines is 2. The van der Waals surface area contributed by atoms with Gasteiger partial charge in [0.15, 0.2) is 5.58 Å². The summed E-state index contributed by atoms with van der Waals surface area (Å²) in [6, 6.07) is 14.7. The van der Waals surface area contributed by atoms with E-state index in [2.05, 4.69) is 15.2 Å². The van der Waals surface area contributed by atoms with Crippen molar-refractivity contribution in [2.75, 3.05) is 37.5 Å². The van der Waals surface area contributed by atoms with Gasteiger partial charge < -0.3 is 24.1 Å². The first kappa shape index (κ1) is 16.6. The highest BCUT2D eigenvalue weighted by atomic mass is 16.5. The summed E-state index contributed by atoms with van der Waals surface area (Å²) in [7, 11) is 3.32. The molecule has 1 unspecified atom stereocenters. The standard InChI is InChI=1S/C20H23N3O3/c1-24-16-10-15(11-17(12-16)25-2)21-14-6-5-9-23(13-14)20-22-18-7-3-4-8-19(18)26-20/h3-4,7-8,10-12,14,21H,5-6,9,13H2,1-2H3. The number of ether oxygens (including phenoxy) is 2. The van der Waals surface area contributed by atoms with Crippen LogP contribution in [-0.2, 0) is 0 Å². The van der Waals surface area contributed by atoms with Crippen LogP contribution in [0.1, 0.15) is 12.8 Å². The second-order valence-electron chi connectivity index (χ2n) is 6.50. The fourth-order valence-corrected chi connectivity index (χ4v) is 3.39. The topological polar surface area (TPSA) is 59.8 Å². The van der Waals surface area contributed by atoms with E-state index in [1.54, 1.807) is 14.2 Å². The molecule has 136 valence electrons. The van der Waals surface area contributed by atoms with E-state index in [0.29, 0.717) is 12.1 Å². The van der Waals surface area contributed by atoms with Crippen molar-refractivity contribution >= 4 is 22.8 Å². The molecule has 1 aliphatic rings. The molecule has 0 amide bonds. The summed E-state index contributed by atoms with van der Waals surface area (Å²) in [5, 5.41) is 3.59. The molecule has 1 atom stereocenters. The van der Waals surface area contributed by atoms with Crippen molar-refractivity contribution < 1.29 is 13.9 Å². The lowest BCUT2D eigenvalue weighted by molar-refractivity contribution is 0.394. The fraction of sp³-hybridized carbons (Fsp3) is 0.350. The summed E-state index contributed by atoms with van der Waals surface area (Å²) < 4.78 is 16.6. The van der Waals surface area contributed by atoms with E-state index < -0.39 is 0 Å². The zero-order valence-electron chi connectivity index (χ0n) is 15.1. The molecule has 6 nitrogen and oxygen atoms in total. The lowest BCUT2D eigenvalue weighted by Crippen LogP contribution is -2.42. The molecular formula is C20H23N3O3. The number of rotatable bonds is 5. The fourth-order valence-electron chi connectivity index (χ4n) is 3.39. The van der Waals surface area contributed by atoms with Crippen molar-refractivity contribution in [3.05, 3.63) is 42.5 Å². The molecule has 1 saturated heterocycles. The van der Waals surface area contributed by atoms with E-state index in [0.717, 1.165) is 54.2 Å². The second-order valence-corrected chi connectivity index (χ2v) is 6.50. The number of hydrogen-bond acceptors (Lipinski definition) is 6. The summed E-state index contributed by atoms with van der Waals surface area (Å²) in [6.07, 6.45) is 2.17. The maximum Gasteiger partial charge on any atom is 0.298 e. The monoisotopic (exact) mass is 353 g/mol. The predicted octanol–water partition coefficient (Wildman–Crippen LogP) is 3.93. The molecule has 1 aliphatic heterocycles. The van der Waals surface area contributed by atoms with Crippen molar-refractivity contribution in [3.63, 3.8) is 0 Å². The average molecular weight is 353 g/mol. The lowest BCUT2D eigenvalue weighted by Gasteiger charge is -2.32. The van der Waals surface area contributed by atoms with Crippen molar-refractivity contribution in [3.8, 4) is 11.5 Å². The maximum atomic E-state index is 5.93. The second kappa shape index (κ2) is 7.15. The van der Waals surface area contributed by atoms with E-state index in [1.807, 2.05) is 42.5 Å². The number of hydrogen-bond donors (Lipinski definition) is 1. The first-order valence-electron chi connectivity index (χ1n) is 8.85. The Hall–Kier alpha value is -2.89. The molecule has 1 N–H and O–H groups in total. The number of nitrogens with zero attached hydrogens (tertiary/aromatic N) is 2. The summed E-state index contributed by atoms with van der Waals surface area (Å²) >= 11 is 0. The number of oxazole rings is 1. The predicted molar refractivity (Wildman–Crippen MR) is 102 cm³/mol. The van der Waals surface area contributed by atoms with Gasteiger partial charge in [-0.05, 0) is 25.0 Å². The Morgan fingerprint density at radius 3 is 2.62 bits per heavy atom. The Balaban J connectivity index is 1.50. The zero-order chi connectivity index (χ0) is 17.9. The SMILES string of the molecule is COc1cc(NC2CCCN(c3nc4ccccc4o3)C2)cc(OC)c1. The van der Waals surface area contributed by atoms with Crippen molar-refractivity contribution in [1.82, 2.24) is 4.98 Å². The van der Waals surface area contributed by atoms with E-state index in [1.165, 1.54) is 0 Å². The highest BCUT2D eigenvalue weighted by Gasteiger charge is 2.23. The molecule has 2 heterocycles. The Labute approximate surface area is 152 Å². The lowest BCUT2D eigenvalue weighted by atomic mass is 10.1. The summed E-state index contributed by atoms with van der Waals surface area (Å²) in [5.74, 6) is 1.55. The van der Waals surface area contributed by atoms with Crippen molar-refractivity contribution in [1.29, 1.82) is 0 Å². The van der Waals surface area contributed by atoms with Crippen LogP contribution in [0.25, 0.3) is 11.1 Å². The van der Waals surface area contributed by atoms with Crippen molar-refractivity contribution in [2.24, 2.45) is 0 Å². The molecule has 0 radical (unpaired) electrons. The largest absolute Gasteiger partial charge is 0.497 e. The highest BCUT2D eigenvalue weighted by molar-refractivity contribution is 5.74. The zero-order valence-corrected chi connectivity index (χ0v) is 15.1. The summed E-state index contributed by atoms with van der Waals surface area (Å²) in [6.45, 7) is 1.79. The third-order valence-corrected chi connectivity index (χ3v) is 4.70. The average Bonchev–Trinajstić information content (AvgIpc) is 3.12. The van der Waals surface area contributed by atoms with Crippen LogP contribution in [-0.4, -0.2) is 38.3 Å². The van der Waals surface area contributed by atoms with Gasteiger partial charge in [-0.15, -0.1) is 0 Å². The number of fused-ring (bicyclic) bond motifs is 1. The first-order chi connectivity index (χ1) is 12.7. The Bertz CT molecular complexity index is 838. The van der Waals surface area contributed by atoms with Gasteiger partial charge in [-0.2, -0.15) is 4.98 Å². The number of nitrogens with one attached hydrogen (secondary N) is 1. The minimum atomic E-state index is 0.301. The van der Waals surface area contributed by atoms with Gasteiger partial charge in [-0.1, -0.05) is 12.1 Å². The number of piperidine rings is 1. The van der Waals surface area contributed by atoms with Gasteiger partial charge in [-0.3, -0.25) is 0 Å². The quantitative estimate of drug-likeness (QED) is 0.750. The molecule has 0 saturated carbocycles. The van der Waals surface area contributed by atoms with Crippen LogP contribution in [0.2, 0.25) is 0 Å². The minimum Gasteiger partial charge on any atom is -0.497 e. The Kier molecular flexibility index (Phi) is 4.56. The van der Waals surface area contributed by atoms with Gasteiger partial charge in [0, 0.05) is 43.0 Å². The molecule has 6 heteroatoms. The van der Waals surface area contributed by atoms with Gasteiger partial charge in [0.1, 0.15) is 17.0 Å². The molecule has 1 aromatic heterocycles. The van der Waals surface area contributed by atoms with Gasteiger partial charge in [0.2, 0.25) is 0 Å². The molecular weight excluding hydrogens is 330 g/mol. The third kappa shape index (κ3) is 3.40. The normalized spacial score (nSPS) is 17.3. The van der Waals surface area contributed by atoms with Crippen LogP contribution in [0.15, 0.2) is 46.9 Å². The van der Waals surface area contributed by atoms with Crippen LogP contribution < -0.4 is 19.7 Å². The molecule has 0 aliphatic carbocycles. The van der Waals surface area contributed by atoms with Crippen molar-refractivity contribution in [2.45, 2.75) is 18.9 Å². The minimum absolute atomic E-state index is 0.301.